The van der Waals surface area contributed by atoms with Gasteiger partial charge in [0.05, 0.1) is 11.8 Å². The largest absolute Gasteiger partial charge is 0.463 e. The van der Waals surface area contributed by atoms with Gasteiger partial charge in [-0.2, -0.15) is 5.10 Å². The van der Waals surface area contributed by atoms with Crippen molar-refractivity contribution >= 4 is 6.29 Å². The Morgan fingerprint density at radius 1 is 1.62 bits per heavy atom. The van der Waals surface area contributed by atoms with Gasteiger partial charge in [0.2, 0.25) is 0 Å². The summed E-state index contributed by atoms with van der Waals surface area (Å²) in [4.78, 5) is 10.7. The molecule has 4 nitrogen and oxygen atoms in total. The van der Waals surface area contributed by atoms with Crippen molar-refractivity contribution in [2.24, 2.45) is 0 Å². The van der Waals surface area contributed by atoms with Gasteiger partial charge < -0.3 is 4.42 Å². The molecule has 0 unspecified atom stereocenters. The summed E-state index contributed by atoms with van der Waals surface area (Å²) in [6.45, 7) is 1.79. The second kappa shape index (κ2) is 2.90. The Labute approximate surface area is 74.6 Å². The molecule has 0 spiro atoms. The number of furan rings is 1. The average molecular weight is 176 g/mol. The van der Waals surface area contributed by atoms with Gasteiger partial charge in [0.25, 0.3) is 0 Å². The average Bonchev–Trinajstić information content (AvgIpc) is 2.71. The van der Waals surface area contributed by atoms with Gasteiger partial charge >= 0.3 is 0 Å². The number of hydrogen-bond acceptors (Lipinski definition) is 3. The van der Waals surface area contributed by atoms with E-state index in [0.29, 0.717) is 17.0 Å². The molecule has 2 aromatic rings. The highest BCUT2D eigenvalue weighted by Crippen LogP contribution is 2.21. The maximum Gasteiger partial charge on any atom is 0.154 e. The lowest BCUT2D eigenvalue weighted by Gasteiger charge is -1.90. The van der Waals surface area contributed by atoms with Crippen molar-refractivity contribution in [1.29, 1.82) is 0 Å². The third kappa shape index (κ3) is 1.16. The summed E-state index contributed by atoms with van der Waals surface area (Å²) in [5.41, 5.74) is 1.87. The number of carbonyl (C=O) groups is 1. The van der Waals surface area contributed by atoms with E-state index in [9.17, 15) is 4.79 Å². The fourth-order valence-corrected chi connectivity index (χ4v) is 1.18. The zero-order valence-electron chi connectivity index (χ0n) is 7.07. The Kier molecular flexibility index (Phi) is 1.73. The topological polar surface area (TPSA) is 58.9 Å². The summed E-state index contributed by atoms with van der Waals surface area (Å²) in [6.07, 6.45) is 2.32. The molecule has 0 atom stereocenters. The van der Waals surface area contributed by atoms with Crippen LogP contribution < -0.4 is 0 Å². The smallest absolute Gasteiger partial charge is 0.154 e. The van der Waals surface area contributed by atoms with Crippen LogP contribution in [0.2, 0.25) is 0 Å². The van der Waals surface area contributed by atoms with Crippen molar-refractivity contribution < 1.29 is 9.21 Å². The maximum absolute atomic E-state index is 10.7. The number of nitrogens with one attached hydrogen (secondary N) is 1. The quantitative estimate of drug-likeness (QED) is 0.709. The Morgan fingerprint density at radius 3 is 3.08 bits per heavy atom. The van der Waals surface area contributed by atoms with E-state index in [1.54, 1.807) is 25.3 Å². The van der Waals surface area contributed by atoms with Gasteiger partial charge in [0.1, 0.15) is 5.69 Å². The molecule has 2 aromatic heterocycles. The second-order valence-corrected chi connectivity index (χ2v) is 2.71. The van der Waals surface area contributed by atoms with E-state index in [0.717, 1.165) is 12.0 Å². The van der Waals surface area contributed by atoms with E-state index in [2.05, 4.69) is 10.2 Å². The van der Waals surface area contributed by atoms with E-state index < -0.39 is 0 Å². The molecular weight excluding hydrogens is 168 g/mol. The highest BCUT2D eigenvalue weighted by molar-refractivity contribution is 5.85. The van der Waals surface area contributed by atoms with Crippen LogP contribution in [0.1, 0.15) is 16.1 Å². The molecule has 0 saturated carbocycles. The van der Waals surface area contributed by atoms with Gasteiger partial charge in [-0.3, -0.25) is 9.89 Å². The molecule has 0 aliphatic heterocycles. The van der Waals surface area contributed by atoms with Crippen LogP contribution in [0.15, 0.2) is 22.8 Å². The molecule has 66 valence electrons. The first-order chi connectivity index (χ1) is 6.33. The molecule has 13 heavy (non-hydrogen) atoms. The summed E-state index contributed by atoms with van der Waals surface area (Å²) in [5, 5.41) is 6.71. The zero-order valence-corrected chi connectivity index (χ0v) is 7.07. The molecule has 0 aliphatic rings. The van der Waals surface area contributed by atoms with Crippen LogP contribution in [-0.2, 0) is 0 Å². The fourth-order valence-electron chi connectivity index (χ4n) is 1.18. The van der Waals surface area contributed by atoms with Gasteiger partial charge in [-0.1, -0.05) is 0 Å². The highest BCUT2D eigenvalue weighted by atomic mass is 16.3. The zero-order chi connectivity index (χ0) is 9.26. The third-order valence-corrected chi connectivity index (χ3v) is 1.87. The van der Waals surface area contributed by atoms with Crippen molar-refractivity contribution in [2.45, 2.75) is 6.92 Å². The lowest BCUT2D eigenvalue weighted by molar-refractivity contribution is 0.112. The van der Waals surface area contributed by atoms with E-state index in [4.69, 9.17) is 4.42 Å². The third-order valence-electron chi connectivity index (χ3n) is 1.87. The molecule has 1 N–H and O–H groups in total. The number of H-pyrrole nitrogens is 1. The molecule has 0 aromatic carbocycles. The van der Waals surface area contributed by atoms with Gasteiger partial charge in [-0.25, -0.2) is 0 Å². The van der Waals surface area contributed by atoms with E-state index in [-0.39, 0.29) is 0 Å². The van der Waals surface area contributed by atoms with Crippen LogP contribution in [-0.4, -0.2) is 16.5 Å². The van der Waals surface area contributed by atoms with Gasteiger partial charge in [-0.05, 0) is 19.1 Å². The Morgan fingerprint density at radius 2 is 2.46 bits per heavy atom. The second-order valence-electron chi connectivity index (χ2n) is 2.71. The predicted octanol–water partition coefficient (Wildman–Crippen LogP) is 1.79. The van der Waals surface area contributed by atoms with Crippen LogP contribution >= 0.6 is 0 Å². The minimum Gasteiger partial charge on any atom is -0.463 e. The first-order valence-corrected chi connectivity index (χ1v) is 3.87. The van der Waals surface area contributed by atoms with Crippen LogP contribution in [0, 0.1) is 6.92 Å². The SMILES string of the molecule is Cc1[nH]nc(-c2ccco2)c1C=O. The Balaban J connectivity index is 2.58. The number of aromatic amines is 1. The maximum atomic E-state index is 10.7. The monoisotopic (exact) mass is 176 g/mol. The van der Waals surface area contributed by atoms with Gasteiger partial charge in [0.15, 0.2) is 12.0 Å². The van der Waals surface area contributed by atoms with Crippen molar-refractivity contribution in [1.82, 2.24) is 10.2 Å². The number of aryl methyl sites for hydroxylation is 1. The first kappa shape index (κ1) is 7.79. The fraction of sp³-hybridized carbons (Fsp3) is 0.111. The summed E-state index contributed by atoms with van der Waals surface area (Å²) >= 11 is 0. The lowest BCUT2D eigenvalue weighted by atomic mass is 10.2. The molecule has 4 heteroatoms. The summed E-state index contributed by atoms with van der Waals surface area (Å²) in [7, 11) is 0. The molecule has 2 heterocycles. The van der Waals surface area contributed by atoms with E-state index in [1.807, 2.05) is 0 Å². The lowest BCUT2D eigenvalue weighted by Crippen LogP contribution is -1.83. The minimum atomic E-state index is 0.551. The molecule has 0 amide bonds. The molecule has 2 rings (SSSR count). The molecule has 0 saturated heterocycles. The van der Waals surface area contributed by atoms with Crippen molar-refractivity contribution in [3.8, 4) is 11.5 Å². The molecule has 0 bridgehead atoms. The number of hydrogen-bond donors (Lipinski definition) is 1. The molecule has 0 radical (unpaired) electrons. The normalized spacial score (nSPS) is 10.2. The van der Waals surface area contributed by atoms with Crippen LogP contribution in [0.25, 0.3) is 11.5 Å². The summed E-state index contributed by atoms with van der Waals surface area (Å²) < 4.78 is 5.13. The van der Waals surface area contributed by atoms with Crippen molar-refractivity contribution in [3.05, 3.63) is 29.7 Å². The highest BCUT2D eigenvalue weighted by Gasteiger charge is 2.12. The Bertz CT molecular complexity index is 415. The van der Waals surface area contributed by atoms with Crippen molar-refractivity contribution in [2.75, 3.05) is 0 Å². The molecular formula is C9H8N2O2. The predicted molar refractivity (Wildman–Crippen MR) is 46.4 cm³/mol. The van der Waals surface area contributed by atoms with Crippen LogP contribution in [0.5, 0.6) is 0 Å². The minimum absolute atomic E-state index is 0.551. The summed E-state index contributed by atoms with van der Waals surface area (Å²) in [6, 6.07) is 3.52. The van der Waals surface area contributed by atoms with E-state index in [1.165, 1.54) is 0 Å². The van der Waals surface area contributed by atoms with Crippen molar-refractivity contribution in [3.63, 3.8) is 0 Å². The van der Waals surface area contributed by atoms with Gasteiger partial charge in [-0.15, -0.1) is 0 Å². The standard InChI is InChI=1S/C9H8N2O2/c1-6-7(5-12)9(11-10-6)8-3-2-4-13-8/h2-5H,1H3,(H,10,11). The number of carbonyl (C=O) groups excluding carboxylic acids is 1. The molecule has 0 aliphatic carbocycles. The molecule has 0 fully saturated rings. The first-order valence-electron chi connectivity index (χ1n) is 3.87. The van der Waals surface area contributed by atoms with E-state index >= 15 is 0 Å². The summed E-state index contributed by atoms with van der Waals surface area (Å²) in [5.74, 6) is 0.603. The van der Waals surface area contributed by atoms with Crippen LogP contribution in [0.4, 0.5) is 0 Å². The number of rotatable bonds is 2. The Hall–Kier alpha value is -1.84. The number of nitrogens with zero attached hydrogens (tertiary/aromatic N) is 1. The number of aldehydes is 1. The van der Waals surface area contributed by atoms with Crippen LogP contribution in [0.3, 0.4) is 0 Å². The van der Waals surface area contributed by atoms with Gasteiger partial charge in [0, 0.05) is 5.69 Å². The number of aromatic nitrogens is 2.